The van der Waals surface area contributed by atoms with Crippen LogP contribution in [0.15, 0.2) is 0 Å². The third-order valence-electron chi connectivity index (χ3n) is 4.04. The van der Waals surface area contributed by atoms with Crippen molar-refractivity contribution in [3.63, 3.8) is 0 Å². The number of hydrogen-bond acceptors (Lipinski definition) is 1. The Morgan fingerprint density at radius 2 is 2.00 bits per heavy atom. The summed E-state index contributed by atoms with van der Waals surface area (Å²) >= 11 is 0. The number of rotatable bonds is 3. The molecule has 0 aromatic heterocycles. The van der Waals surface area contributed by atoms with Crippen LogP contribution in [0.2, 0.25) is 0 Å². The lowest BCUT2D eigenvalue weighted by atomic mass is 9.66. The minimum atomic E-state index is 0.675. The first kappa shape index (κ1) is 10.7. The molecule has 0 aliphatic heterocycles. The quantitative estimate of drug-likeness (QED) is 0.612. The van der Waals surface area contributed by atoms with Gasteiger partial charge in [0.1, 0.15) is 6.29 Å². The molecule has 0 bridgehead atoms. The van der Waals surface area contributed by atoms with Crippen molar-refractivity contribution in [2.24, 2.45) is 23.7 Å². The van der Waals surface area contributed by atoms with Crippen LogP contribution >= 0.6 is 0 Å². The first-order valence-electron chi connectivity index (χ1n) is 5.64. The van der Waals surface area contributed by atoms with Crippen molar-refractivity contribution in [2.45, 2.75) is 46.5 Å². The molecule has 1 aliphatic rings. The van der Waals surface area contributed by atoms with Crippen LogP contribution in [-0.2, 0) is 4.79 Å². The van der Waals surface area contributed by atoms with Gasteiger partial charge < -0.3 is 4.79 Å². The molecule has 1 heteroatoms. The van der Waals surface area contributed by atoms with Crippen LogP contribution in [0, 0.1) is 23.7 Å². The highest BCUT2D eigenvalue weighted by atomic mass is 16.1. The molecule has 0 heterocycles. The molecule has 1 fully saturated rings. The first-order valence-corrected chi connectivity index (χ1v) is 5.64. The maximum atomic E-state index is 10.5. The second kappa shape index (κ2) is 4.78. The molecule has 0 amide bonds. The number of hydrogen-bond donors (Lipinski definition) is 0. The Morgan fingerprint density at radius 1 is 1.31 bits per heavy atom. The third kappa shape index (κ3) is 2.32. The van der Waals surface area contributed by atoms with Crippen LogP contribution in [0.4, 0.5) is 0 Å². The van der Waals surface area contributed by atoms with Gasteiger partial charge in [-0.15, -0.1) is 0 Å². The third-order valence-corrected chi connectivity index (χ3v) is 4.04. The summed E-state index contributed by atoms with van der Waals surface area (Å²) in [6.45, 7) is 6.97. The smallest absolute Gasteiger partial charge is 0.120 e. The molecule has 0 aromatic rings. The van der Waals surface area contributed by atoms with Gasteiger partial charge in [0.05, 0.1) is 0 Å². The van der Waals surface area contributed by atoms with E-state index in [1.54, 1.807) is 0 Å². The summed E-state index contributed by atoms with van der Waals surface area (Å²) in [7, 11) is 0. The molecule has 4 atom stereocenters. The van der Waals surface area contributed by atoms with Gasteiger partial charge in [-0.05, 0) is 30.1 Å². The van der Waals surface area contributed by atoms with Crippen molar-refractivity contribution in [1.29, 1.82) is 0 Å². The molecule has 0 saturated heterocycles. The second-order valence-corrected chi connectivity index (χ2v) is 4.65. The summed E-state index contributed by atoms with van der Waals surface area (Å²) in [5.41, 5.74) is 0. The summed E-state index contributed by atoms with van der Waals surface area (Å²) in [4.78, 5) is 10.5. The van der Waals surface area contributed by atoms with E-state index in [1.165, 1.54) is 19.3 Å². The van der Waals surface area contributed by atoms with E-state index in [0.717, 1.165) is 30.5 Å². The molecule has 0 spiro atoms. The van der Waals surface area contributed by atoms with E-state index in [9.17, 15) is 4.79 Å². The van der Waals surface area contributed by atoms with Crippen LogP contribution < -0.4 is 0 Å². The SMILES string of the molecule is CCC1C(CC=O)CCC(C)C1C. The van der Waals surface area contributed by atoms with Crippen molar-refractivity contribution >= 4 is 6.29 Å². The van der Waals surface area contributed by atoms with Crippen molar-refractivity contribution in [1.82, 2.24) is 0 Å². The van der Waals surface area contributed by atoms with E-state index in [4.69, 9.17) is 0 Å². The van der Waals surface area contributed by atoms with Crippen molar-refractivity contribution in [3.05, 3.63) is 0 Å². The predicted molar refractivity (Wildman–Crippen MR) is 55.5 cm³/mol. The maximum Gasteiger partial charge on any atom is 0.120 e. The van der Waals surface area contributed by atoms with Crippen LogP contribution in [-0.4, -0.2) is 6.29 Å². The Labute approximate surface area is 81.9 Å². The van der Waals surface area contributed by atoms with Crippen LogP contribution in [0.1, 0.15) is 46.5 Å². The minimum Gasteiger partial charge on any atom is -0.303 e. The van der Waals surface area contributed by atoms with Crippen LogP contribution in [0.3, 0.4) is 0 Å². The summed E-state index contributed by atoms with van der Waals surface area (Å²) in [5, 5.41) is 0. The molecule has 4 unspecified atom stereocenters. The van der Waals surface area contributed by atoms with Gasteiger partial charge in [-0.1, -0.05) is 33.6 Å². The summed E-state index contributed by atoms with van der Waals surface area (Å²) < 4.78 is 0. The summed E-state index contributed by atoms with van der Waals surface area (Å²) in [5.74, 6) is 3.12. The number of aldehydes is 1. The molecule has 1 rings (SSSR count). The van der Waals surface area contributed by atoms with E-state index in [2.05, 4.69) is 20.8 Å². The molecule has 76 valence electrons. The fourth-order valence-electron chi connectivity index (χ4n) is 2.93. The Balaban J connectivity index is 2.59. The summed E-state index contributed by atoms with van der Waals surface area (Å²) in [6, 6.07) is 0. The van der Waals surface area contributed by atoms with Crippen molar-refractivity contribution < 1.29 is 4.79 Å². The van der Waals surface area contributed by atoms with Gasteiger partial charge in [0, 0.05) is 6.42 Å². The van der Waals surface area contributed by atoms with Gasteiger partial charge in [-0.3, -0.25) is 0 Å². The van der Waals surface area contributed by atoms with Gasteiger partial charge in [0.25, 0.3) is 0 Å². The van der Waals surface area contributed by atoms with Gasteiger partial charge in [0.2, 0.25) is 0 Å². The average molecular weight is 182 g/mol. The maximum absolute atomic E-state index is 10.5. The van der Waals surface area contributed by atoms with Gasteiger partial charge in [0.15, 0.2) is 0 Å². The second-order valence-electron chi connectivity index (χ2n) is 4.65. The highest BCUT2D eigenvalue weighted by Crippen LogP contribution is 2.41. The Kier molecular flexibility index (Phi) is 3.95. The summed E-state index contributed by atoms with van der Waals surface area (Å²) in [6.07, 6.45) is 5.72. The lowest BCUT2D eigenvalue weighted by Gasteiger charge is -2.39. The van der Waals surface area contributed by atoms with E-state index >= 15 is 0 Å². The lowest BCUT2D eigenvalue weighted by molar-refractivity contribution is -0.109. The Morgan fingerprint density at radius 3 is 2.54 bits per heavy atom. The lowest BCUT2D eigenvalue weighted by Crippen LogP contribution is -2.31. The van der Waals surface area contributed by atoms with Gasteiger partial charge in [-0.25, -0.2) is 0 Å². The zero-order valence-electron chi connectivity index (χ0n) is 9.12. The van der Waals surface area contributed by atoms with Crippen molar-refractivity contribution in [3.8, 4) is 0 Å². The number of carbonyl (C=O) groups is 1. The fraction of sp³-hybridized carbons (Fsp3) is 0.917. The van der Waals surface area contributed by atoms with E-state index in [0.29, 0.717) is 5.92 Å². The fourth-order valence-corrected chi connectivity index (χ4v) is 2.93. The molecule has 13 heavy (non-hydrogen) atoms. The highest BCUT2D eigenvalue weighted by Gasteiger charge is 2.32. The molecule has 0 radical (unpaired) electrons. The molecular formula is C12H22O. The largest absolute Gasteiger partial charge is 0.303 e. The Bertz CT molecular complexity index is 165. The topological polar surface area (TPSA) is 17.1 Å². The monoisotopic (exact) mass is 182 g/mol. The first-order chi connectivity index (χ1) is 6.20. The normalized spacial score (nSPS) is 40.2. The van der Waals surface area contributed by atoms with Crippen molar-refractivity contribution in [2.75, 3.05) is 0 Å². The molecule has 1 nitrogen and oxygen atoms in total. The molecule has 0 N–H and O–H groups in total. The van der Waals surface area contributed by atoms with Crippen LogP contribution in [0.5, 0.6) is 0 Å². The predicted octanol–water partition coefficient (Wildman–Crippen LogP) is 3.28. The standard InChI is InChI=1S/C12H22O/c1-4-12-10(3)9(2)5-6-11(12)7-8-13/h8-12H,4-7H2,1-3H3. The van der Waals surface area contributed by atoms with Gasteiger partial charge in [-0.2, -0.15) is 0 Å². The van der Waals surface area contributed by atoms with E-state index < -0.39 is 0 Å². The molecule has 0 aromatic carbocycles. The average Bonchev–Trinajstić information content (AvgIpc) is 2.12. The highest BCUT2D eigenvalue weighted by molar-refractivity contribution is 5.49. The Hall–Kier alpha value is -0.330. The van der Waals surface area contributed by atoms with Crippen LogP contribution in [0.25, 0.3) is 0 Å². The molecule has 1 aliphatic carbocycles. The van der Waals surface area contributed by atoms with Gasteiger partial charge >= 0.3 is 0 Å². The zero-order chi connectivity index (χ0) is 9.84. The molecular weight excluding hydrogens is 160 g/mol. The van der Waals surface area contributed by atoms with E-state index in [1.807, 2.05) is 0 Å². The molecule has 1 saturated carbocycles. The minimum absolute atomic E-state index is 0.675. The zero-order valence-corrected chi connectivity index (χ0v) is 9.12. The number of carbonyl (C=O) groups excluding carboxylic acids is 1. The van der Waals surface area contributed by atoms with E-state index in [-0.39, 0.29) is 0 Å².